The number of quaternary nitrogens is 1. The first kappa shape index (κ1) is 36.2. The van der Waals surface area contributed by atoms with Gasteiger partial charge in [-0.05, 0) is 32.1 Å². The molecular formula is C28H56NO7P. The lowest BCUT2D eigenvalue weighted by Crippen LogP contribution is -2.37. The van der Waals surface area contributed by atoms with Gasteiger partial charge in [-0.15, -0.1) is 0 Å². The molecule has 9 heteroatoms. The van der Waals surface area contributed by atoms with Gasteiger partial charge in [0.2, 0.25) is 0 Å². The molecule has 8 nitrogen and oxygen atoms in total. The Kier molecular flexibility index (Phi) is 22.7. The molecule has 0 fully saturated rings. The number of carbonyl (C=O) groups is 1. The molecular weight excluding hydrogens is 493 g/mol. The van der Waals surface area contributed by atoms with Gasteiger partial charge in [-0.2, -0.15) is 0 Å². The van der Waals surface area contributed by atoms with Gasteiger partial charge in [-0.25, -0.2) is 0 Å². The lowest BCUT2D eigenvalue weighted by Gasteiger charge is -2.27. The summed E-state index contributed by atoms with van der Waals surface area (Å²) in [4.78, 5) is 23.5. The average Bonchev–Trinajstić information content (AvgIpc) is 2.82. The second-order valence-corrected chi connectivity index (χ2v) is 12.4. The van der Waals surface area contributed by atoms with Crippen LogP contribution >= 0.6 is 7.82 Å². The van der Waals surface area contributed by atoms with Crippen LogP contribution in [0, 0.1) is 0 Å². The Balaban J connectivity index is 3.53. The fourth-order valence-corrected chi connectivity index (χ4v) is 4.38. The molecule has 0 aromatic heterocycles. The van der Waals surface area contributed by atoms with Crippen LogP contribution in [0.15, 0.2) is 12.2 Å². The number of aliphatic hydroxyl groups excluding tert-OH is 1. The second kappa shape index (κ2) is 23.2. The largest absolute Gasteiger partial charge is 0.756 e. The molecule has 0 spiro atoms. The number of carbonyl (C=O) groups excluding carboxylic acids is 1. The first-order chi connectivity index (χ1) is 17.6. The Morgan fingerprint density at radius 3 is 1.89 bits per heavy atom. The number of hydrogen-bond acceptors (Lipinski definition) is 7. The van der Waals surface area contributed by atoms with E-state index in [-0.39, 0.29) is 13.2 Å². The highest BCUT2D eigenvalue weighted by Crippen LogP contribution is 2.38. The Morgan fingerprint density at radius 1 is 0.838 bits per heavy atom. The number of esters is 1. The fourth-order valence-electron chi connectivity index (χ4n) is 3.64. The summed E-state index contributed by atoms with van der Waals surface area (Å²) in [6.07, 6.45) is 22.0. The van der Waals surface area contributed by atoms with Crippen molar-refractivity contribution in [3.05, 3.63) is 12.2 Å². The van der Waals surface area contributed by atoms with Crippen LogP contribution in [0.4, 0.5) is 0 Å². The molecule has 2 atom stereocenters. The maximum absolute atomic E-state index is 11.8. The lowest BCUT2D eigenvalue weighted by molar-refractivity contribution is -0.870. The van der Waals surface area contributed by atoms with Crippen molar-refractivity contribution in [2.45, 2.75) is 116 Å². The van der Waals surface area contributed by atoms with Gasteiger partial charge in [0.25, 0.3) is 7.82 Å². The smallest absolute Gasteiger partial charge is 0.305 e. The Bertz CT molecular complexity index is 622. The first-order valence-corrected chi connectivity index (χ1v) is 15.9. The molecule has 1 N–H and O–H groups in total. The second-order valence-electron chi connectivity index (χ2n) is 11.0. The molecule has 0 rings (SSSR count). The van der Waals surface area contributed by atoms with E-state index in [1.807, 2.05) is 21.1 Å². The average molecular weight is 550 g/mol. The number of likely N-dealkylation sites (N-methyl/N-ethyl adjacent to an activating group) is 1. The molecule has 0 radical (unpaired) electrons. The quantitative estimate of drug-likeness (QED) is 0.0470. The van der Waals surface area contributed by atoms with Gasteiger partial charge in [-0.1, -0.05) is 83.3 Å². The molecule has 220 valence electrons. The number of ether oxygens (including phenoxy) is 1. The minimum absolute atomic E-state index is 0.00741. The van der Waals surface area contributed by atoms with Crippen LogP contribution in [0.2, 0.25) is 0 Å². The van der Waals surface area contributed by atoms with E-state index < -0.39 is 26.5 Å². The number of allylic oxidation sites excluding steroid dienone is 2. The van der Waals surface area contributed by atoms with Gasteiger partial charge >= 0.3 is 5.97 Å². The summed E-state index contributed by atoms with van der Waals surface area (Å²) in [6.45, 7) is 1.93. The van der Waals surface area contributed by atoms with Crippen LogP contribution in [-0.2, 0) is 23.1 Å². The summed E-state index contributed by atoms with van der Waals surface area (Å²) in [5.74, 6) is -0.390. The van der Waals surface area contributed by atoms with Crippen LogP contribution in [0.3, 0.4) is 0 Å². The van der Waals surface area contributed by atoms with Gasteiger partial charge < -0.3 is 28.3 Å². The maximum atomic E-state index is 11.8. The number of aliphatic hydroxyl groups is 1. The number of phosphoric acid groups is 1. The normalized spacial score (nSPS) is 14.6. The summed E-state index contributed by atoms with van der Waals surface area (Å²) in [5, 5.41) is 9.81. The van der Waals surface area contributed by atoms with Gasteiger partial charge in [0.05, 0.1) is 27.7 Å². The van der Waals surface area contributed by atoms with Crippen molar-refractivity contribution in [1.82, 2.24) is 0 Å². The zero-order valence-corrected chi connectivity index (χ0v) is 25.1. The zero-order valence-electron chi connectivity index (χ0n) is 24.2. The predicted octanol–water partition coefficient (Wildman–Crippen LogP) is 5.92. The van der Waals surface area contributed by atoms with E-state index in [1.54, 1.807) is 0 Å². The van der Waals surface area contributed by atoms with Crippen molar-refractivity contribution < 1.29 is 37.6 Å². The van der Waals surface area contributed by atoms with Crippen LogP contribution < -0.4 is 4.89 Å². The number of hydrogen-bond donors (Lipinski definition) is 1. The van der Waals surface area contributed by atoms with Crippen molar-refractivity contribution >= 4 is 13.8 Å². The van der Waals surface area contributed by atoms with E-state index in [0.717, 1.165) is 19.3 Å². The predicted molar refractivity (Wildman–Crippen MR) is 148 cm³/mol. The van der Waals surface area contributed by atoms with Gasteiger partial charge in [0.1, 0.15) is 25.9 Å². The Morgan fingerprint density at radius 2 is 1.35 bits per heavy atom. The van der Waals surface area contributed by atoms with Crippen LogP contribution in [0.5, 0.6) is 0 Å². The molecule has 0 saturated heterocycles. The van der Waals surface area contributed by atoms with Crippen molar-refractivity contribution in [1.29, 1.82) is 0 Å². The Labute approximate surface area is 227 Å². The van der Waals surface area contributed by atoms with E-state index in [9.17, 15) is 19.4 Å². The Hall–Kier alpha value is -0.760. The molecule has 1 unspecified atom stereocenters. The fraction of sp³-hybridized carbons (Fsp3) is 0.893. The first-order valence-electron chi connectivity index (χ1n) is 14.4. The monoisotopic (exact) mass is 549 g/mol. The molecule has 0 aliphatic carbocycles. The molecule has 0 aromatic carbocycles. The maximum Gasteiger partial charge on any atom is 0.305 e. The SMILES string of the molecule is CCCCCC/C=C/CCCCCCCCCCCC(=O)OC[C@H](O)COP(=O)([O-])OCC[N+](C)(C)C. The van der Waals surface area contributed by atoms with Crippen LogP contribution in [-0.4, -0.2) is 69.2 Å². The minimum atomic E-state index is -4.49. The third-order valence-corrected chi connectivity index (χ3v) is 6.98. The summed E-state index contributed by atoms with van der Waals surface area (Å²) >= 11 is 0. The summed E-state index contributed by atoms with van der Waals surface area (Å²) in [5.41, 5.74) is 0. The number of phosphoric ester groups is 1. The number of unbranched alkanes of at least 4 members (excludes halogenated alkanes) is 13. The molecule has 0 bridgehead atoms. The summed E-state index contributed by atoms with van der Waals surface area (Å²) < 4.78 is 26.7. The van der Waals surface area contributed by atoms with E-state index >= 15 is 0 Å². The third-order valence-electron chi connectivity index (χ3n) is 6.02. The highest BCUT2D eigenvalue weighted by atomic mass is 31.2. The van der Waals surface area contributed by atoms with Crippen molar-refractivity contribution in [2.24, 2.45) is 0 Å². The molecule has 0 aliphatic rings. The van der Waals surface area contributed by atoms with E-state index in [2.05, 4.69) is 23.6 Å². The van der Waals surface area contributed by atoms with Crippen molar-refractivity contribution in [2.75, 3.05) is 47.5 Å². The van der Waals surface area contributed by atoms with E-state index in [4.69, 9.17) is 9.26 Å². The molecule has 0 heterocycles. The molecule has 0 aromatic rings. The molecule has 0 aliphatic heterocycles. The van der Waals surface area contributed by atoms with E-state index in [1.165, 1.54) is 77.0 Å². The number of rotatable bonds is 26. The highest BCUT2D eigenvalue weighted by Gasteiger charge is 2.16. The van der Waals surface area contributed by atoms with Gasteiger partial charge in [0.15, 0.2) is 0 Å². The zero-order chi connectivity index (χ0) is 27.8. The number of nitrogens with zero attached hydrogens (tertiary/aromatic N) is 1. The summed E-state index contributed by atoms with van der Waals surface area (Å²) in [6, 6.07) is 0. The lowest BCUT2D eigenvalue weighted by atomic mass is 10.1. The van der Waals surface area contributed by atoms with Gasteiger partial charge in [0, 0.05) is 6.42 Å². The minimum Gasteiger partial charge on any atom is -0.756 e. The van der Waals surface area contributed by atoms with E-state index in [0.29, 0.717) is 17.4 Å². The topological polar surface area (TPSA) is 105 Å². The third kappa shape index (κ3) is 28.1. The highest BCUT2D eigenvalue weighted by molar-refractivity contribution is 7.45. The molecule has 0 amide bonds. The molecule has 0 saturated carbocycles. The van der Waals surface area contributed by atoms with Crippen LogP contribution in [0.1, 0.15) is 110 Å². The standard InChI is InChI=1S/C28H56NO7P/c1-5-6-7-8-9-10-11-12-13-14-15-16-17-18-19-20-21-22-28(31)34-25-27(30)26-36-37(32,33)35-24-23-29(2,3)4/h10-11,27,30H,5-9,12-26H2,1-4H3/b11-10+/t27-/m0/s1. The molecule has 37 heavy (non-hydrogen) atoms. The van der Waals surface area contributed by atoms with Crippen molar-refractivity contribution in [3.8, 4) is 0 Å². The van der Waals surface area contributed by atoms with Crippen molar-refractivity contribution in [3.63, 3.8) is 0 Å². The van der Waals surface area contributed by atoms with Crippen LogP contribution in [0.25, 0.3) is 0 Å². The summed E-state index contributed by atoms with van der Waals surface area (Å²) in [7, 11) is 1.25. The van der Waals surface area contributed by atoms with Gasteiger partial charge in [-0.3, -0.25) is 9.36 Å².